The molecule has 1 heterocycles. The van der Waals surface area contributed by atoms with Crippen molar-refractivity contribution in [2.45, 2.75) is 24.9 Å². The molecule has 1 aromatic heterocycles. The van der Waals surface area contributed by atoms with E-state index < -0.39 is 10.0 Å². The molecule has 0 saturated carbocycles. The minimum atomic E-state index is -3.54. The molecule has 0 amide bonds. The second-order valence-electron chi connectivity index (χ2n) is 4.57. The van der Waals surface area contributed by atoms with Crippen LogP contribution in [-0.2, 0) is 23.1 Å². The van der Waals surface area contributed by atoms with Gasteiger partial charge in [0.25, 0.3) is 0 Å². The highest BCUT2D eigenvalue weighted by atomic mass is 32.2. The first-order valence-corrected chi connectivity index (χ1v) is 8.29. The number of nitrogens with zero attached hydrogens (tertiary/aromatic N) is 1. The van der Waals surface area contributed by atoms with Gasteiger partial charge in [-0.25, -0.2) is 13.1 Å². The largest absolute Gasteiger partial charge is 0.313 e. The van der Waals surface area contributed by atoms with Crippen LogP contribution in [0.3, 0.4) is 0 Å². The molecule has 0 aliphatic heterocycles. The van der Waals surface area contributed by atoms with Crippen LogP contribution < -0.4 is 10.0 Å². The van der Waals surface area contributed by atoms with Crippen molar-refractivity contribution >= 4 is 10.0 Å². The van der Waals surface area contributed by atoms with E-state index in [-0.39, 0.29) is 6.54 Å². The third-order valence-electron chi connectivity index (χ3n) is 3.02. The number of rotatable bonds is 7. The van der Waals surface area contributed by atoms with Gasteiger partial charge in [-0.05, 0) is 29.8 Å². The van der Waals surface area contributed by atoms with Crippen molar-refractivity contribution in [3.63, 3.8) is 0 Å². The first-order valence-electron chi connectivity index (χ1n) is 6.80. The maximum atomic E-state index is 12.4. The molecule has 0 atom stereocenters. The van der Waals surface area contributed by atoms with Crippen LogP contribution >= 0.6 is 0 Å². The van der Waals surface area contributed by atoms with Crippen molar-refractivity contribution in [3.05, 3.63) is 59.9 Å². The van der Waals surface area contributed by atoms with Crippen molar-refractivity contribution in [3.8, 4) is 0 Å². The summed E-state index contributed by atoms with van der Waals surface area (Å²) in [6.45, 7) is 3.53. The van der Waals surface area contributed by atoms with E-state index in [4.69, 9.17) is 0 Å². The zero-order valence-electron chi connectivity index (χ0n) is 11.9. The van der Waals surface area contributed by atoms with E-state index in [1.165, 1.54) is 0 Å². The quantitative estimate of drug-likeness (QED) is 0.816. The smallest absolute Gasteiger partial charge is 0.241 e. The Morgan fingerprint density at radius 3 is 2.62 bits per heavy atom. The fourth-order valence-corrected chi connectivity index (χ4v) is 3.19. The van der Waals surface area contributed by atoms with Gasteiger partial charge in [-0.2, -0.15) is 0 Å². The number of nitrogens with one attached hydrogen (secondary N) is 2. The van der Waals surface area contributed by atoms with Gasteiger partial charge in [-0.3, -0.25) is 4.98 Å². The summed E-state index contributed by atoms with van der Waals surface area (Å²) in [5.41, 5.74) is 1.59. The molecule has 0 saturated heterocycles. The van der Waals surface area contributed by atoms with E-state index in [2.05, 4.69) is 15.0 Å². The van der Waals surface area contributed by atoms with Gasteiger partial charge in [0.2, 0.25) is 10.0 Å². The summed E-state index contributed by atoms with van der Waals surface area (Å²) in [7, 11) is -3.54. The van der Waals surface area contributed by atoms with Crippen LogP contribution in [0.2, 0.25) is 0 Å². The zero-order chi connectivity index (χ0) is 15.1. The highest BCUT2D eigenvalue weighted by Gasteiger charge is 2.17. The SMILES string of the molecule is CCNCc1ccccc1S(=O)(=O)NCc1cccnc1. The van der Waals surface area contributed by atoms with Crippen LogP contribution in [0.25, 0.3) is 0 Å². The van der Waals surface area contributed by atoms with Gasteiger partial charge in [0.1, 0.15) is 0 Å². The van der Waals surface area contributed by atoms with Crippen LogP contribution in [0, 0.1) is 0 Å². The minimum Gasteiger partial charge on any atom is -0.313 e. The van der Waals surface area contributed by atoms with Crippen molar-refractivity contribution in [2.75, 3.05) is 6.54 Å². The molecule has 112 valence electrons. The number of benzene rings is 1. The summed E-state index contributed by atoms with van der Waals surface area (Å²) in [5, 5.41) is 3.15. The van der Waals surface area contributed by atoms with Crippen molar-refractivity contribution in [1.82, 2.24) is 15.0 Å². The maximum Gasteiger partial charge on any atom is 0.241 e. The molecule has 6 heteroatoms. The third kappa shape index (κ3) is 4.35. The van der Waals surface area contributed by atoms with Gasteiger partial charge < -0.3 is 5.32 Å². The lowest BCUT2D eigenvalue weighted by Gasteiger charge is -2.11. The molecule has 0 unspecified atom stereocenters. The summed E-state index contributed by atoms with van der Waals surface area (Å²) in [6, 6.07) is 10.6. The van der Waals surface area contributed by atoms with E-state index in [9.17, 15) is 8.42 Å². The average Bonchev–Trinajstić information content (AvgIpc) is 2.52. The number of hydrogen-bond acceptors (Lipinski definition) is 4. The van der Waals surface area contributed by atoms with Crippen molar-refractivity contribution in [2.24, 2.45) is 0 Å². The van der Waals surface area contributed by atoms with Gasteiger partial charge in [0.15, 0.2) is 0 Å². The average molecular weight is 305 g/mol. The molecule has 0 aliphatic carbocycles. The van der Waals surface area contributed by atoms with E-state index in [0.29, 0.717) is 11.4 Å². The number of sulfonamides is 1. The predicted octanol–water partition coefficient (Wildman–Crippen LogP) is 1.67. The molecule has 2 rings (SSSR count). The first kappa shape index (κ1) is 15.6. The van der Waals surface area contributed by atoms with E-state index in [1.807, 2.05) is 25.1 Å². The molecule has 5 nitrogen and oxygen atoms in total. The van der Waals surface area contributed by atoms with Crippen LogP contribution in [0.1, 0.15) is 18.1 Å². The summed E-state index contributed by atoms with van der Waals surface area (Å²) in [5.74, 6) is 0. The first-order chi connectivity index (χ1) is 10.1. The lowest BCUT2D eigenvalue weighted by Crippen LogP contribution is -2.25. The molecule has 2 aromatic rings. The van der Waals surface area contributed by atoms with Gasteiger partial charge in [0, 0.05) is 25.5 Å². The van der Waals surface area contributed by atoms with Crippen molar-refractivity contribution in [1.29, 1.82) is 0 Å². The lowest BCUT2D eigenvalue weighted by molar-refractivity contribution is 0.578. The molecule has 2 N–H and O–H groups in total. The van der Waals surface area contributed by atoms with E-state index in [0.717, 1.165) is 17.7 Å². The molecule has 0 radical (unpaired) electrons. The van der Waals surface area contributed by atoms with Gasteiger partial charge in [0.05, 0.1) is 4.90 Å². The molecule has 21 heavy (non-hydrogen) atoms. The van der Waals surface area contributed by atoms with Gasteiger partial charge in [-0.1, -0.05) is 31.2 Å². The Bertz CT molecular complexity index is 672. The fraction of sp³-hybridized carbons (Fsp3) is 0.267. The fourth-order valence-electron chi connectivity index (χ4n) is 1.93. The Morgan fingerprint density at radius 2 is 1.90 bits per heavy atom. The Kier molecular flexibility index (Phi) is 5.44. The summed E-state index contributed by atoms with van der Waals surface area (Å²) in [4.78, 5) is 4.29. The summed E-state index contributed by atoms with van der Waals surface area (Å²) in [6.07, 6.45) is 3.30. The van der Waals surface area contributed by atoms with E-state index >= 15 is 0 Å². The summed E-state index contributed by atoms with van der Waals surface area (Å²) < 4.78 is 27.5. The predicted molar refractivity (Wildman–Crippen MR) is 82.1 cm³/mol. The highest BCUT2D eigenvalue weighted by molar-refractivity contribution is 7.89. The second-order valence-corrected chi connectivity index (χ2v) is 6.31. The Morgan fingerprint density at radius 1 is 1.10 bits per heavy atom. The van der Waals surface area contributed by atoms with Crippen molar-refractivity contribution < 1.29 is 8.42 Å². The molecular weight excluding hydrogens is 286 g/mol. The topological polar surface area (TPSA) is 71.1 Å². The third-order valence-corrected chi connectivity index (χ3v) is 4.52. The molecule has 1 aromatic carbocycles. The minimum absolute atomic E-state index is 0.228. The molecule has 0 fully saturated rings. The Hall–Kier alpha value is -1.76. The number of pyridine rings is 1. The number of aromatic nitrogens is 1. The van der Waals surface area contributed by atoms with Crippen LogP contribution in [0.5, 0.6) is 0 Å². The molecule has 0 spiro atoms. The molecular formula is C15H19N3O2S. The Balaban J connectivity index is 2.15. The lowest BCUT2D eigenvalue weighted by atomic mass is 10.2. The normalized spacial score (nSPS) is 11.5. The Labute approximate surface area is 125 Å². The van der Waals surface area contributed by atoms with E-state index in [1.54, 1.807) is 30.6 Å². The van der Waals surface area contributed by atoms with Crippen LogP contribution in [0.15, 0.2) is 53.7 Å². The standard InChI is InChI=1S/C15H19N3O2S/c1-2-16-12-14-7-3-4-8-15(14)21(19,20)18-11-13-6-5-9-17-10-13/h3-10,16,18H,2,11-12H2,1H3. The maximum absolute atomic E-state index is 12.4. The summed E-state index contributed by atoms with van der Waals surface area (Å²) >= 11 is 0. The monoisotopic (exact) mass is 305 g/mol. The van der Waals surface area contributed by atoms with Gasteiger partial charge >= 0.3 is 0 Å². The van der Waals surface area contributed by atoms with Gasteiger partial charge in [-0.15, -0.1) is 0 Å². The molecule has 0 bridgehead atoms. The van der Waals surface area contributed by atoms with Crippen LogP contribution in [-0.4, -0.2) is 19.9 Å². The number of hydrogen-bond donors (Lipinski definition) is 2. The van der Waals surface area contributed by atoms with Crippen LogP contribution in [0.4, 0.5) is 0 Å². The second kappa shape index (κ2) is 7.31. The zero-order valence-corrected chi connectivity index (χ0v) is 12.7. The molecule has 0 aliphatic rings. The highest BCUT2D eigenvalue weighted by Crippen LogP contribution is 2.15.